The van der Waals surface area contributed by atoms with Crippen LogP contribution in [0.1, 0.15) is 24.8 Å². The van der Waals surface area contributed by atoms with E-state index in [1.165, 1.54) is 6.07 Å². The van der Waals surface area contributed by atoms with E-state index in [1.807, 2.05) is 0 Å². The minimum atomic E-state index is -0.480. The highest BCUT2D eigenvalue weighted by Gasteiger charge is 2.42. The number of benzene rings is 2. The number of amides is 2. The molecule has 2 aliphatic heterocycles. The summed E-state index contributed by atoms with van der Waals surface area (Å²) in [5.41, 5.74) is 0.997. The fourth-order valence-electron chi connectivity index (χ4n) is 4.18. The van der Waals surface area contributed by atoms with Crippen molar-refractivity contribution in [1.82, 2.24) is 4.90 Å². The fourth-order valence-corrected chi connectivity index (χ4v) is 4.41. The normalized spacial score (nSPS) is 20.1. The molecular formula is C23H22ClFN2O4. The monoisotopic (exact) mass is 444 g/mol. The molecule has 5 rings (SSSR count). The zero-order valence-electron chi connectivity index (χ0n) is 16.9. The Morgan fingerprint density at radius 1 is 1.16 bits per heavy atom. The van der Waals surface area contributed by atoms with E-state index in [-0.39, 0.29) is 37.4 Å². The second-order valence-corrected chi connectivity index (χ2v) is 8.54. The summed E-state index contributed by atoms with van der Waals surface area (Å²) in [6.45, 7) is 1.35. The third-order valence-corrected chi connectivity index (χ3v) is 6.33. The first kappa shape index (κ1) is 20.1. The predicted octanol–water partition coefficient (Wildman–Crippen LogP) is 3.79. The molecule has 0 N–H and O–H groups in total. The Labute approximate surface area is 184 Å². The molecule has 1 saturated carbocycles. The molecule has 1 saturated heterocycles. The quantitative estimate of drug-likeness (QED) is 0.704. The molecule has 0 spiro atoms. The van der Waals surface area contributed by atoms with E-state index in [2.05, 4.69) is 0 Å². The van der Waals surface area contributed by atoms with Gasteiger partial charge in [-0.1, -0.05) is 17.7 Å². The van der Waals surface area contributed by atoms with Gasteiger partial charge in [0, 0.05) is 41.3 Å². The Kier molecular flexibility index (Phi) is 5.22. The highest BCUT2D eigenvalue weighted by molar-refractivity contribution is 6.31. The molecule has 0 unspecified atom stereocenters. The molecule has 2 aromatic rings. The summed E-state index contributed by atoms with van der Waals surface area (Å²) < 4.78 is 25.5. The van der Waals surface area contributed by atoms with Gasteiger partial charge in [0.15, 0.2) is 11.5 Å². The van der Waals surface area contributed by atoms with E-state index in [9.17, 15) is 14.0 Å². The molecule has 3 aliphatic rings. The van der Waals surface area contributed by atoms with Gasteiger partial charge in [-0.3, -0.25) is 9.59 Å². The van der Waals surface area contributed by atoms with Crippen LogP contribution in [0.4, 0.5) is 10.1 Å². The van der Waals surface area contributed by atoms with Gasteiger partial charge in [-0.25, -0.2) is 4.39 Å². The summed E-state index contributed by atoms with van der Waals surface area (Å²) in [5.74, 6) is 0.0965. The van der Waals surface area contributed by atoms with Crippen LogP contribution in [0, 0.1) is 11.7 Å². The van der Waals surface area contributed by atoms with Crippen molar-refractivity contribution in [3.63, 3.8) is 0 Å². The van der Waals surface area contributed by atoms with Gasteiger partial charge in [0.05, 0.1) is 12.5 Å². The minimum Gasteiger partial charge on any atom is -0.486 e. The lowest BCUT2D eigenvalue weighted by molar-refractivity contribution is -0.137. The van der Waals surface area contributed by atoms with Gasteiger partial charge in [-0.05, 0) is 37.1 Å². The van der Waals surface area contributed by atoms with Gasteiger partial charge in [0.2, 0.25) is 11.8 Å². The van der Waals surface area contributed by atoms with Gasteiger partial charge >= 0.3 is 0 Å². The maximum Gasteiger partial charge on any atom is 0.228 e. The van der Waals surface area contributed by atoms with Gasteiger partial charge in [-0.15, -0.1) is 0 Å². The maximum absolute atomic E-state index is 14.3. The molecule has 2 heterocycles. The van der Waals surface area contributed by atoms with Crippen molar-refractivity contribution in [2.45, 2.75) is 31.8 Å². The average Bonchev–Trinajstić information content (AvgIpc) is 3.53. The van der Waals surface area contributed by atoms with Gasteiger partial charge in [-0.2, -0.15) is 0 Å². The molecule has 8 heteroatoms. The standard InChI is InChI=1S/C23H22ClFN2O4/c24-18-2-1-3-19(25)17(18)13-27(15-4-5-15)23(29)14-10-22(28)26(12-14)16-6-7-20-21(11-16)31-9-8-30-20/h1-3,6-7,11,14-15H,4-5,8-10,12-13H2/t14-/m1/s1. The maximum atomic E-state index is 14.3. The second kappa shape index (κ2) is 8.04. The van der Waals surface area contributed by atoms with Crippen molar-refractivity contribution in [3.8, 4) is 11.5 Å². The summed E-state index contributed by atoms with van der Waals surface area (Å²) >= 11 is 6.19. The molecule has 2 amide bonds. The summed E-state index contributed by atoms with van der Waals surface area (Å²) in [5, 5.41) is 0.304. The number of hydrogen-bond acceptors (Lipinski definition) is 4. The highest BCUT2D eigenvalue weighted by atomic mass is 35.5. The Morgan fingerprint density at radius 2 is 1.94 bits per heavy atom. The summed E-state index contributed by atoms with van der Waals surface area (Å²) in [6, 6.07) is 9.94. The number of ether oxygens (including phenoxy) is 2. The number of carbonyl (C=O) groups excluding carboxylic acids is 2. The van der Waals surface area contributed by atoms with Crippen molar-refractivity contribution in [2.75, 3.05) is 24.7 Å². The van der Waals surface area contributed by atoms with Crippen molar-refractivity contribution < 1.29 is 23.5 Å². The number of hydrogen-bond donors (Lipinski definition) is 0. The van der Waals surface area contributed by atoms with Crippen LogP contribution < -0.4 is 14.4 Å². The topological polar surface area (TPSA) is 59.1 Å². The van der Waals surface area contributed by atoms with E-state index in [0.29, 0.717) is 41.0 Å². The van der Waals surface area contributed by atoms with Crippen LogP contribution in [0.3, 0.4) is 0 Å². The fraction of sp³-hybridized carbons (Fsp3) is 0.391. The van der Waals surface area contributed by atoms with Crippen molar-refractivity contribution in [2.24, 2.45) is 5.92 Å². The molecule has 2 aromatic carbocycles. The van der Waals surface area contributed by atoms with Crippen molar-refractivity contribution >= 4 is 29.1 Å². The van der Waals surface area contributed by atoms with Gasteiger partial charge in [0.1, 0.15) is 19.0 Å². The van der Waals surface area contributed by atoms with Gasteiger partial charge < -0.3 is 19.3 Å². The van der Waals surface area contributed by atoms with E-state index >= 15 is 0 Å². The molecule has 31 heavy (non-hydrogen) atoms. The van der Waals surface area contributed by atoms with E-state index < -0.39 is 11.7 Å². The zero-order chi connectivity index (χ0) is 21.5. The lowest BCUT2D eigenvalue weighted by atomic mass is 10.1. The molecule has 0 bridgehead atoms. The molecule has 2 fully saturated rings. The minimum absolute atomic E-state index is 0.0709. The average molecular weight is 445 g/mol. The molecule has 162 valence electrons. The Bertz CT molecular complexity index is 1020. The van der Waals surface area contributed by atoms with Crippen molar-refractivity contribution in [1.29, 1.82) is 0 Å². The third-order valence-electron chi connectivity index (χ3n) is 5.97. The number of nitrogens with zero attached hydrogens (tertiary/aromatic N) is 2. The number of carbonyl (C=O) groups is 2. The van der Waals surface area contributed by atoms with Crippen LogP contribution in [0.15, 0.2) is 36.4 Å². The third kappa shape index (κ3) is 3.94. The first-order valence-corrected chi connectivity index (χ1v) is 10.8. The summed E-state index contributed by atoms with van der Waals surface area (Å²) in [6.07, 6.45) is 1.89. The zero-order valence-corrected chi connectivity index (χ0v) is 17.6. The lowest BCUT2D eigenvalue weighted by Gasteiger charge is -2.26. The largest absolute Gasteiger partial charge is 0.486 e. The van der Waals surface area contributed by atoms with Crippen LogP contribution in [0.5, 0.6) is 11.5 Å². The summed E-state index contributed by atoms with van der Waals surface area (Å²) in [4.78, 5) is 29.4. The van der Waals surface area contributed by atoms with E-state index in [4.69, 9.17) is 21.1 Å². The van der Waals surface area contributed by atoms with Crippen LogP contribution in [0.25, 0.3) is 0 Å². The van der Waals surface area contributed by atoms with Crippen LogP contribution >= 0.6 is 11.6 Å². The number of anilines is 1. The van der Waals surface area contributed by atoms with Gasteiger partial charge in [0.25, 0.3) is 0 Å². The first-order chi connectivity index (χ1) is 15.0. The SMILES string of the molecule is O=C1C[C@@H](C(=O)N(Cc2c(F)cccc2Cl)C2CC2)CN1c1ccc2c(c1)OCCO2. The number of rotatable bonds is 5. The van der Waals surface area contributed by atoms with E-state index in [1.54, 1.807) is 40.1 Å². The molecule has 1 atom stereocenters. The Morgan fingerprint density at radius 3 is 2.68 bits per heavy atom. The number of halogens is 2. The Hall–Kier alpha value is -2.80. The van der Waals surface area contributed by atoms with Crippen molar-refractivity contribution in [3.05, 3.63) is 52.8 Å². The Balaban J connectivity index is 1.34. The van der Waals surface area contributed by atoms with Crippen LogP contribution in [-0.2, 0) is 16.1 Å². The molecule has 1 aliphatic carbocycles. The number of fused-ring (bicyclic) bond motifs is 1. The predicted molar refractivity (Wildman–Crippen MR) is 113 cm³/mol. The van der Waals surface area contributed by atoms with Crippen LogP contribution in [-0.4, -0.2) is 42.5 Å². The highest BCUT2D eigenvalue weighted by Crippen LogP contribution is 2.37. The van der Waals surface area contributed by atoms with E-state index in [0.717, 1.165) is 12.8 Å². The summed E-state index contributed by atoms with van der Waals surface area (Å²) in [7, 11) is 0. The van der Waals surface area contributed by atoms with Crippen LogP contribution in [0.2, 0.25) is 5.02 Å². The molecule has 0 aromatic heterocycles. The first-order valence-electron chi connectivity index (χ1n) is 10.4. The molecule has 0 radical (unpaired) electrons. The molecular weight excluding hydrogens is 423 g/mol. The lowest BCUT2D eigenvalue weighted by Crippen LogP contribution is -2.38. The molecule has 6 nitrogen and oxygen atoms in total. The smallest absolute Gasteiger partial charge is 0.228 e. The second-order valence-electron chi connectivity index (χ2n) is 8.13.